The van der Waals surface area contributed by atoms with Crippen LogP contribution in [0.5, 0.6) is 11.5 Å². The summed E-state index contributed by atoms with van der Waals surface area (Å²) in [7, 11) is 3.10. The summed E-state index contributed by atoms with van der Waals surface area (Å²) in [6.45, 7) is 0. The number of nitrogens with one attached hydrogen (secondary N) is 2. The maximum absolute atomic E-state index is 13.5. The summed E-state index contributed by atoms with van der Waals surface area (Å²) in [5.74, 6) is 1.03. The summed E-state index contributed by atoms with van der Waals surface area (Å²) < 4.78 is 26.0. The lowest BCUT2D eigenvalue weighted by molar-refractivity contribution is 0.386. The highest BCUT2D eigenvalue weighted by molar-refractivity contribution is 5.76. The predicted molar refractivity (Wildman–Crippen MR) is 108 cm³/mol. The molecule has 31 heavy (non-hydrogen) atoms. The highest BCUT2D eigenvalue weighted by Gasteiger charge is 2.36. The molecule has 0 saturated carbocycles. The SMILES string of the molecule is COc1ccc([C@H]2c3c(-c4ccc(F)cc4)n[nH]c(=O)c3Nc3nnnn32)c(OC)c1. The van der Waals surface area contributed by atoms with Crippen molar-refractivity contribution in [3.8, 4) is 22.8 Å². The lowest BCUT2D eigenvalue weighted by atomic mass is 9.92. The van der Waals surface area contributed by atoms with Gasteiger partial charge in [-0.3, -0.25) is 4.79 Å². The van der Waals surface area contributed by atoms with Gasteiger partial charge in [0.25, 0.3) is 5.56 Å². The zero-order chi connectivity index (χ0) is 21.5. The summed E-state index contributed by atoms with van der Waals surface area (Å²) in [5, 5.41) is 21.6. The Hall–Kier alpha value is -4.28. The van der Waals surface area contributed by atoms with Gasteiger partial charge in [0, 0.05) is 22.8 Å². The number of hydrogen-bond acceptors (Lipinski definition) is 8. The lowest BCUT2D eigenvalue weighted by Crippen LogP contribution is -2.29. The fraction of sp³-hybridized carbons (Fsp3) is 0.150. The monoisotopic (exact) mass is 421 g/mol. The minimum absolute atomic E-state index is 0.250. The Morgan fingerprint density at radius 1 is 1.10 bits per heavy atom. The molecule has 0 unspecified atom stereocenters. The van der Waals surface area contributed by atoms with Crippen molar-refractivity contribution in [3.63, 3.8) is 0 Å². The molecule has 1 aliphatic heterocycles. The maximum Gasteiger partial charge on any atom is 0.288 e. The number of aromatic nitrogens is 6. The van der Waals surface area contributed by atoms with Crippen molar-refractivity contribution in [2.24, 2.45) is 0 Å². The van der Waals surface area contributed by atoms with E-state index < -0.39 is 11.6 Å². The smallest absolute Gasteiger partial charge is 0.288 e. The first-order chi connectivity index (χ1) is 15.1. The van der Waals surface area contributed by atoms with Gasteiger partial charge in [-0.05, 0) is 46.8 Å². The van der Waals surface area contributed by atoms with E-state index in [1.807, 2.05) is 6.07 Å². The highest BCUT2D eigenvalue weighted by atomic mass is 19.1. The number of H-pyrrole nitrogens is 1. The number of aromatic amines is 1. The number of hydrogen-bond donors (Lipinski definition) is 2. The molecule has 5 rings (SSSR count). The lowest BCUT2D eigenvalue weighted by Gasteiger charge is -2.28. The first-order valence-electron chi connectivity index (χ1n) is 9.26. The van der Waals surface area contributed by atoms with Gasteiger partial charge in [0.1, 0.15) is 29.0 Å². The van der Waals surface area contributed by atoms with Gasteiger partial charge < -0.3 is 14.8 Å². The van der Waals surface area contributed by atoms with Gasteiger partial charge in [0.2, 0.25) is 5.95 Å². The number of halogens is 1. The van der Waals surface area contributed by atoms with Gasteiger partial charge in [0.15, 0.2) is 0 Å². The van der Waals surface area contributed by atoms with Gasteiger partial charge >= 0.3 is 0 Å². The molecule has 0 aliphatic carbocycles. The van der Waals surface area contributed by atoms with E-state index in [0.717, 1.165) is 0 Å². The summed E-state index contributed by atoms with van der Waals surface area (Å²) in [4.78, 5) is 12.7. The third-order valence-electron chi connectivity index (χ3n) is 5.12. The molecule has 1 aliphatic rings. The van der Waals surface area contributed by atoms with Crippen molar-refractivity contribution in [3.05, 3.63) is 69.8 Å². The fourth-order valence-electron chi connectivity index (χ4n) is 3.70. The quantitative estimate of drug-likeness (QED) is 0.454. The van der Waals surface area contributed by atoms with Crippen LogP contribution in [0, 0.1) is 5.82 Å². The Kier molecular flexibility index (Phi) is 4.35. The predicted octanol–water partition coefficient (Wildman–Crippen LogP) is 2.27. The largest absolute Gasteiger partial charge is 0.497 e. The second-order valence-electron chi connectivity index (χ2n) is 6.78. The zero-order valence-electron chi connectivity index (χ0n) is 16.5. The minimum Gasteiger partial charge on any atom is -0.497 e. The molecule has 10 nitrogen and oxygen atoms in total. The van der Waals surface area contributed by atoms with E-state index >= 15 is 0 Å². The number of rotatable bonds is 4. The van der Waals surface area contributed by atoms with E-state index in [1.165, 1.54) is 19.2 Å². The molecule has 1 atom stereocenters. The summed E-state index contributed by atoms with van der Waals surface area (Å²) in [6.07, 6.45) is 0. The maximum atomic E-state index is 13.5. The minimum atomic E-state index is -0.642. The van der Waals surface area contributed by atoms with E-state index in [0.29, 0.717) is 33.9 Å². The Bertz CT molecular complexity index is 1330. The van der Waals surface area contributed by atoms with Crippen LogP contribution >= 0.6 is 0 Å². The first kappa shape index (κ1) is 18.7. The molecule has 2 N–H and O–H groups in total. The average molecular weight is 421 g/mol. The first-order valence-corrected chi connectivity index (χ1v) is 9.26. The fourth-order valence-corrected chi connectivity index (χ4v) is 3.70. The molecule has 0 amide bonds. The van der Waals surface area contributed by atoms with Gasteiger partial charge in [-0.2, -0.15) is 9.78 Å². The molecule has 11 heteroatoms. The second kappa shape index (κ2) is 7.20. The molecule has 0 fully saturated rings. The summed E-state index contributed by atoms with van der Waals surface area (Å²) >= 11 is 0. The zero-order valence-corrected chi connectivity index (χ0v) is 16.5. The number of ether oxygens (including phenoxy) is 2. The third-order valence-corrected chi connectivity index (χ3v) is 5.12. The molecule has 3 heterocycles. The number of fused-ring (bicyclic) bond motifs is 2. The van der Waals surface area contributed by atoms with Crippen molar-refractivity contribution in [1.29, 1.82) is 0 Å². The van der Waals surface area contributed by atoms with Crippen molar-refractivity contribution < 1.29 is 13.9 Å². The van der Waals surface area contributed by atoms with Crippen LogP contribution in [0.1, 0.15) is 17.2 Å². The van der Waals surface area contributed by atoms with Gasteiger partial charge in [-0.25, -0.2) is 9.49 Å². The summed E-state index contributed by atoms with van der Waals surface area (Å²) in [5.41, 5.74) is 2.09. The van der Waals surface area contributed by atoms with E-state index in [-0.39, 0.29) is 17.5 Å². The molecule has 4 aromatic rings. The molecule has 0 bridgehead atoms. The molecule has 0 radical (unpaired) electrons. The molecular formula is C20H16FN7O3. The van der Waals surface area contributed by atoms with Crippen LogP contribution in [-0.4, -0.2) is 44.6 Å². The molecule has 2 aromatic carbocycles. The Balaban J connectivity index is 1.82. The van der Waals surface area contributed by atoms with E-state index in [9.17, 15) is 9.18 Å². The number of methoxy groups -OCH3 is 2. The van der Waals surface area contributed by atoms with Crippen LogP contribution in [0.3, 0.4) is 0 Å². The van der Waals surface area contributed by atoms with Crippen LogP contribution in [0.4, 0.5) is 16.0 Å². The Morgan fingerprint density at radius 2 is 1.90 bits per heavy atom. The van der Waals surface area contributed by atoms with Gasteiger partial charge in [0.05, 0.1) is 19.9 Å². The third kappa shape index (κ3) is 2.98. The van der Waals surface area contributed by atoms with Crippen LogP contribution in [-0.2, 0) is 0 Å². The van der Waals surface area contributed by atoms with E-state index in [4.69, 9.17) is 9.47 Å². The molecule has 156 valence electrons. The summed E-state index contributed by atoms with van der Waals surface area (Å²) in [6, 6.07) is 10.5. The van der Waals surface area contributed by atoms with Crippen LogP contribution < -0.4 is 20.3 Å². The molecule has 0 saturated heterocycles. The van der Waals surface area contributed by atoms with Crippen LogP contribution in [0.25, 0.3) is 11.3 Å². The van der Waals surface area contributed by atoms with Gasteiger partial charge in [-0.1, -0.05) is 5.10 Å². The molecular weight excluding hydrogens is 405 g/mol. The number of anilines is 2. The second-order valence-corrected chi connectivity index (χ2v) is 6.78. The molecule has 0 spiro atoms. The Morgan fingerprint density at radius 3 is 2.65 bits per heavy atom. The van der Waals surface area contributed by atoms with Crippen molar-refractivity contribution >= 4 is 11.6 Å². The van der Waals surface area contributed by atoms with Crippen LogP contribution in [0.2, 0.25) is 0 Å². The average Bonchev–Trinajstić information content (AvgIpc) is 3.27. The van der Waals surface area contributed by atoms with Crippen molar-refractivity contribution in [2.75, 3.05) is 19.5 Å². The number of tetrazole rings is 1. The van der Waals surface area contributed by atoms with E-state index in [1.54, 1.807) is 36.1 Å². The van der Waals surface area contributed by atoms with Crippen LogP contribution in [0.15, 0.2) is 47.3 Å². The molecule has 2 aromatic heterocycles. The topological polar surface area (TPSA) is 120 Å². The number of benzene rings is 2. The standard InChI is InChI=1S/C20H16FN7O3/c1-30-12-7-8-13(14(9-12)31-2)18-15-16(10-3-5-11(21)6-4-10)23-24-19(29)17(15)22-20-25-26-27-28(18)20/h3-9,18H,1-2H3,(H,24,29)(H,22,25,27)/t18-/m0/s1. The highest BCUT2D eigenvalue weighted by Crippen LogP contribution is 2.44. The Labute approximate surface area is 174 Å². The normalized spacial score (nSPS) is 14.4. The van der Waals surface area contributed by atoms with E-state index in [2.05, 4.69) is 31.0 Å². The van der Waals surface area contributed by atoms with Crippen molar-refractivity contribution in [2.45, 2.75) is 6.04 Å². The van der Waals surface area contributed by atoms with Crippen molar-refractivity contribution in [1.82, 2.24) is 30.4 Å². The van der Waals surface area contributed by atoms with Gasteiger partial charge in [-0.15, -0.1) is 0 Å². The number of nitrogens with zero attached hydrogens (tertiary/aromatic N) is 5.